The molecule has 7 heteroatoms. The molecule has 0 unspecified atom stereocenters. The van der Waals surface area contributed by atoms with E-state index in [9.17, 15) is 19.5 Å². The van der Waals surface area contributed by atoms with E-state index in [-0.39, 0.29) is 41.0 Å². The van der Waals surface area contributed by atoms with Crippen molar-refractivity contribution in [3.63, 3.8) is 0 Å². The second-order valence-electron chi connectivity index (χ2n) is 12.8. The highest BCUT2D eigenvalue weighted by Crippen LogP contribution is 2.74. The zero-order chi connectivity index (χ0) is 26.8. The molecule has 4 aliphatic carbocycles. The molecule has 1 N–H and O–H groups in total. The molecule has 2 bridgehead atoms. The number of carbonyl (C=O) groups is 3. The van der Waals surface area contributed by atoms with E-state index in [1.54, 1.807) is 18.2 Å². The molecule has 4 aliphatic rings. The Morgan fingerprint density at radius 3 is 2.35 bits per heavy atom. The quantitative estimate of drug-likeness (QED) is 0.499. The molecule has 1 aromatic carbocycles. The lowest BCUT2D eigenvalue weighted by atomic mass is 9.39. The Bertz CT molecular complexity index is 1130. The number of carboxylic acids is 1. The largest absolute Gasteiger partial charge is 0.493 e. The van der Waals surface area contributed by atoms with Crippen LogP contribution >= 0.6 is 0 Å². The van der Waals surface area contributed by atoms with Crippen LogP contribution in [0.1, 0.15) is 82.5 Å². The second kappa shape index (κ2) is 8.74. The summed E-state index contributed by atoms with van der Waals surface area (Å²) in [6.45, 7) is 6.38. The Kier molecular flexibility index (Phi) is 6.15. The third kappa shape index (κ3) is 3.63. The van der Waals surface area contributed by atoms with Crippen molar-refractivity contribution in [3.8, 4) is 11.5 Å². The minimum atomic E-state index is -0.729. The molecule has 0 aromatic heterocycles. The highest BCUT2D eigenvalue weighted by molar-refractivity contribution is 5.92. The number of hydrogen-bond acceptors (Lipinski definition) is 6. The van der Waals surface area contributed by atoms with E-state index in [0.717, 1.165) is 44.9 Å². The smallest absolute Gasteiger partial charge is 0.338 e. The molecule has 0 radical (unpaired) electrons. The lowest BCUT2D eigenvalue weighted by Gasteiger charge is -2.64. The van der Waals surface area contributed by atoms with Crippen molar-refractivity contribution in [1.82, 2.24) is 0 Å². The highest BCUT2D eigenvalue weighted by Gasteiger charge is 2.71. The van der Waals surface area contributed by atoms with E-state index in [2.05, 4.69) is 13.8 Å². The van der Waals surface area contributed by atoms with Crippen LogP contribution in [0.3, 0.4) is 0 Å². The van der Waals surface area contributed by atoms with Gasteiger partial charge in [-0.25, -0.2) is 4.79 Å². The van der Waals surface area contributed by atoms with Gasteiger partial charge in [-0.15, -0.1) is 0 Å². The maximum atomic E-state index is 13.9. The number of fused-ring (bicyclic) bond motifs is 3. The topological polar surface area (TPSA) is 99.1 Å². The number of aliphatic carboxylic acids is 1. The Balaban J connectivity index is 1.43. The van der Waals surface area contributed by atoms with Crippen molar-refractivity contribution in [2.45, 2.75) is 72.1 Å². The van der Waals surface area contributed by atoms with Crippen LogP contribution in [0, 0.1) is 39.4 Å². The summed E-state index contributed by atoms with van der Waals surface area (Å²) in [5.41, 5.74) is -1.16. The van der Waals surface area contributed by atoms with Gasteiger partial charge in [-0.3, -0.25) is 9.59 Å². The molecule has 0 amide bonds. The molecule has 4 fully saturated rings. The fourth-order valence-electron chi connectivity index (χ4n) is 9.46. The van der Waals surface area contributed by atoms with Crippen LogP contribution in [0.2, 0.25) is 0 Å². The molecule has 1 aromatic rings. The van der Waals surface area contributed by atoms with Crippen molar-refractivity contribution < 1.29 is 33.7 Å². The molecule has 0 aliphatic heterocycles. The molecule has 4 saturated carbocycles. The van der Waals surface area contributed by atoms with Crippen LogP contribution in [-0.2, 0) is 14.3 Å². The van der Waals surface area contributed by atoms with Gasteiger partial charge >= 0.3 is 11.9 Å². The highest BCUT2D eigenvalue weighted by atomic mass is 16.5. The standard InChI is InChI=1S/C30H40O7/c1-27-13-9-23-28(2)11-6-12-29(3,26(33)34)22(28)10-14-30(23,17-27)19(24(27)31)16-37-25(32)18-7-8-20(35-4)21(15-18)36-5/h7-8,15,19,22-23H,6,9-14,16-17H2,1-5H3,(H,33,34)/t19-,22+,23+,27+,28-,29-,30-/m1/s1. The predicted octanol–water partition coefficient (Wildman–Crippen LogP) is 5.54. The lowest BCUT2D eigenvalue weighted by Crippen LogP contribution is -2.60. The zero-order valence-corrected chi connectivity index (χ0v) is 22.7. The summed E-state index contributed by atoms with van der Waals surface area (Å²) < 4.78 is 16.4. The van der Waals surface area contributed by atoms with Crippen LogP contribution in [0.15, 0.2) is 18.2 Å². The van der Waals surface area contributed by atoms with Crippen molar-refractivity contribution in [2.75, 3.05) is 20.8 Å². The second-order valence-corrected chi connectivity index (χ2v) is 12.8. The Morgan fingerprint density at radius 2 is 1.68 bits per heavy atom. The van der Waals surface area contributed by atoms with Gasteiger partial charge in [-0.2, -0.15) is 0 Å². The molecule has 7 atom stereocenters. The van der Waals surface area contributed by atoms with Gasteiger partial charge in [0.2, 0.25) is 0 Å². The first-order valence-corrected chi connectivity index (χ1v) is 13.6. The van der Waals surface area contributed by atoms with Gasteiger partial charge in [0.15, 0.2) is 11.5 Å². The Labute approximate surface area is 219 Å². The summed E-state index contributed by atoms with van der Waals surface area (Å²) in [4.78, 5) is 39.4. The Morgan fingerprint density at radius 1 is 0.973 bits per heavy atom. The molecule has 0 heterocycles. The minimum Gasteiger partial charge on any atom is -0.493 e. The molecular formula is C30H40O7. The summed E-state index contributed by atoms with van der Waals surface area (Å²) in [5.74, 6) is 0.00489. The van der Waals surface area contributed by atoms with Crippen LogP contribution in [-0.4, -0.2) is 43.7 Å². The van der Waals surface area contributed by atoms with E-state index in [0.29, 0.717) is 23.5 Å². The number of benzene rings is 1. The van der Waals surface area contributed by atoms with Crippen molar-refractivity contribution in [3.05, 3.63) is 23.8 Å². The minimum absolute atomic E-state index is 0.0645. The number of carbonyl (C=O) groups excluding carboxylic acids is 2. The summed E-state index contributed by atoms with van der Waals surface area (Å²) in [7, 11) is 3.05. The molecule has 0 saturated heterocycles. The maximum Gasteiger partial charge on any atom is 0.338 e. The molecular weight excluding hydrogens is 472 g/mol. The normalized spacial score (nSPS) is 40.4. The fourth-order valence-corrected chi connectivity index (χ4v) is 9.46. The van der Waals surface area contributed by atoms with Gasteiger partial charge in [-0.1, -0.05) is 20.3 Å². The number of methoxy groups -OCH3 is 2. The average Bonchev–Trinajstić information content (AvgIpc) is 3.02. The van der Waals surface area contributed by atoms with Crippen LogP contribution in [0.4, 0.5) is 0 Å². The van der Waals surface area contributed by atoms with Gasteiger partial charge in [0.1, 0.15) is 12.4 Å². The average molecular weight is 513 g/mol. The summed E-state index contributed by atoms with van der Waals surface area (Å²) in [5, 5.41) is 10.2. The SMILES string of the molecule is COc1ccc(C(=O)OC[C@@H]2C(=O)[C@@]3(C)CC[C@H]4[C@]5(C)CCC[C@@](C)(C(=O)O)[C@H]5CC[C@@]24C3)cc1OC. The number of carboxylic acid groups (broad SMARTS) is 1. The van der Waals surface area contributed by atoms with Crippen LogP contribution in [0.25, 0.3) is 0 Å². The van der Waals surface area contributed by atoms with Crippen molar-refractivity contribution in [1.29, 1.82) is 0 Å². The molecule has 7 nitrogen and oxygen atoms in total. The summed E-state index contributed by atoms with van der Waals surface area (Å²) >= 11 is 0. The third-order valence-electron chi connectivity index (χ3n) is 11.2. The van der Waals surface area contributed by atoms with Gasteiger partial charge in [0, 0.05) is 5.41 Å². The van der Waals surface area contributed by atoms with Gasteiger partial charge in [0.05, 0.1) is 31.1 Å². The molecule has 202 valence electrons. The number of rotatable bonds is 6. The van der Waals surface area contributed by atoms with E-state index >= 15 is 0 Å². The summed E-state index contributed by atoms with van der Waals surface area (Å²) in [6, 6.07) is 4.91. The number of ether oxygens (including phenoxy) is 3. The monoisotopic (exact) mass is 512 g/mol. The van der Waals surface area contributed by atoms with E-state index < -0.39 is 22.8 Å². The van der Waals surface area contributed by atoms with Crippen molar-refractivity contribution in [2.24, 2.45) is 39.4 Å². The van der Waals surface area contributed by atoms with Gasteiger partial charge in [-0.05, 0) is 92.7 Å². The number of hydrogen-bond donors (Lipinski definition) is 1. The van der Waals surface area contributed by atoms with E-state index in [1.165, 1.54) is 14.2 Å². The predicted molar refractivity (Wildman–Crippen MR) is 137 cm³/mol. The van der Waals surface area contributed by atoms with Crippen LogP contribution < -0.4 is 9.47 Å². The van der Waals surface area contributed by atoms with Crippen LogP contribution in [0.5, 0.6) is 11.5 Å². The first kappa shape index (κ1) is 26.1. The van der Waals surface area contributed by atoms with Gasteiger partial charge < -0.3 is 19.3 Å². The number of ketones is 1. The molecule has 1 spiro atoms. The molecule has 5 rings (SSSR count). The van der Waals surface area contributed by atoms with E-state index in [1.807, 2.05) is 6.92 Å². The first-order chi connectivity index (χ1) is 17.4. The molecule has 37 heavy (non-hydrogen) atoms. The Hall–Kier alpha value is -2.57. The number of Topliss-reactive ketones (excluding diaryl/α,β-unsaturated/α-hetero) is 1. The van der Waals surface area contributed by atoms with E-state index in [4.69, 9.17) is 14.2 Å². The fraction of sp³-hybridized carbons (Fsp3) is 0.700. The summed E-state index contributed by atoms with van der Waals surface area (Å²) in [6.07, 6.45) is 6.80. The first-order valence-electron chi connectivity index (χ1n) is 13.6. The number of esters is 1. The maximum absolute atomic E-state index is 13.9. The lowest BCUT2D eigenvalue weighted by molar-refractivity contribution is -0.189. The van der Waals surface area contributed by atoms with Crippen molar-refractivity contribution >= 4 is 17.7 Å². The van der Waals surface area contributed by atoms with Gasteiger partial charge in [0.25, 0.3) is 0 Å². The zero-order valence-electron chi connectivity index (χ0n) is 22.7. The third-order valence-corrected chi connectivity index (χ3v) is 11.2.